The first-order valence-electron chi connectivity index (χ1n) is 7.09. The molecule has 0 aliphatic heterocycles. The van der Waals surface area contributed by atoms with E-state index in [1.54, 1.807) is 25.2 Å². The van der Waals surface area contributed by atoms with Crippen molar-refractivity contribution in [3.05, 3.63) is 51.7 Å². The molecule has 2 aromatic rings. The second kappa shape index (κ2) is 9.90. The molecule has 1 aromatic heterocycles. The van der Waals surface area contributed by atoms with Crippen molar-refractivity contribution >= 4 is 41.3 Å². The summed E-state index contributed by atoms with van der Waals surface area (Å²) in [5.74, 6) is 0.119. The number of hydrogen-bond acceptors (Lipinski definition) is 3. The molecule has 0 fully saturated rings. The Hall–Kier alpha value is -1.43. The van der Waals surface area contributed by atoms with Gasteiger partial charge in [0.1, 0.15) is 5.82 Å². The summed E-state index contributed by atoms with van der Waals surface area (Å²) in [5, 5.41) is 7.29. The first kappa shape index (κ1) is 21.6. The van der Waals surface area contributed by atoms with Crippen LogP contribution < -0.4 is 10.6 Å². The molecular weight excluding hydrogens is 471 g/mol. The molecule has 0 atom stereocenters. The van der Waals surface area contributed by atoms with E-state index >= 15 is 0 Å². The van der Waals surface area contributed by atoms with Gasteiger partial charge < -0.3 is 10.6 Å². The number of aliphatic imine (C=N–C) groups is 1. The van der Waals surface area contributed by atoms with Gasteiger partial charge in [0.15, 0.2) is 11.7 Å². The number of nitrogens with zero attached hydrogens (tertiary/aromatic N) is 2. The smallest absolute Gasteiger partial charge is 0.356 e. The molecule has 0 radical (unpaired) electrons. The summed E-state index contributed by atoms with van der Waals surface area (Å²) in [7, 11) is 1.56. The van der Waals surface area contributed by atoms with Crippen molar-refractivity contribution in [1.29, 1.82) is 0 Å². The molecule has 2 rings (SSSR count). The lowest BCUT2D eigenvalue weighted by atomic mass is 10.2. The van der Waals surface area contributed by atoms with E-state index in [0.29, 0.717) is 29.5 Å². The van der Waals surface area contributed by atoms with Crippen molar-refractivity contribution in [3.63, 3.8) is 0 Å². The van der Waals surface area contributed by atoms with Gasteiger partial charge in [0.25, 0.3) is 0 Å². The number of alkyl halides is 3. The monoisotopic (exact) mass is 488 g/mol. The van der Waals surface area contributed by atoms with Crippen LogP contribution in [0, 0.1) is 5.82 Å². The van der Waals surface area contributed by atoms with Gasteiger partial charge in [-0.3, -0.25) is 4.99 Å². The van der Waals surface area contributed by atoms with E-state index in [2.05, 4.69) is 20.6 Å². The van der Waals surface area contributed by atoms with Crippen LogP contribution in [-0.4, -0.2) is 24.5 Å². The number of benzene rings is 1. The molecule has 2 N–H and O–H groups in total. The molecule has 0 aliphatic rings. The number of guanidine groups is 1. The molecule has 0 aliphatic carbocycles. The van der Waals surface area contributed by atoms with Crippen molar-refractivity contribution in [3.8, 4) is 0 Å². The summed E-state index contributed by atoms with van der Waals surface area (Å²) in [4.78, 5) is 7.54. The van der Waals surface area contributed by atoms with Crippen LogP contribution in [-0.2, 0) is 19.1 Å². The third-order valence-electron chi connectivity index (χ3n) is 3.10. The van der Waals surface area contributed by atoms with Gasteiger partial charge in [-0.1, -0.05) is 18.2 Å². The van der Waals surface area contributed by atoms with Gasteiger partial charge in [0.05, 0.1) is 5.01 Å². The number of aromatic nitrogens is 1. The summed E-state index contributed by atoms with van der Waals surface area (Å²) in [6.45, 7) is 0.615. The Morgan fingerprint density at radius 2 is 1.96 bits per heavy atom. The average Bonchev–Trinajstić information content (AvgIpc) is 3.01. The van der Waals surface area contributed by atoms with Gasteiger partial charge >= 0.3 is 6.18 Å². The summed E-state index contributed by atoms with van der Waals surface area (Å²) in [6.07, 6.45) is -4.08. The van der Waals surface area contributed by atoms with E-state index in [0.717, 1.165) is 16.7 Å². The molecule has 0 unspecified atom stereocenters. The van der Waals surface area contributed by atoms with Crippen molar-refractivity contribution < 1.29 is 17.6 Å². The molecule has 0 amide bonds. The van der Waals surface area contributed by atoms with Crippen LogP contribution in [0.15, 0.2) is 34.6 Å². The Morgan fingerprint density at radius 3 is 2.56 bits per heavy atom. The highest BCUT2D eigenvalue weighted by atomic mass is 127. The maximum atomic E-state index is 13.5. The zero-order valence-electron chi connectivity index (χ0n) is 13.2. The minimum absolute atomic E-state index is 0. The summed E-state index contributed by atoms with van der Waals surface area (Å²) >= 11 is 0.967. The number of rotatable bonds is 5. The molecular formula is C15H17F4IN4S. The predicted octanol–water partition coefficient (Wildman–Crippen LogP) is 3.83. The van der Waals surface area contributed by atoms with Gasteiger partial charge in [-0.05, 0) is 6.07 Å². The molecule has 0 saturated carbocycles. The lowest BCUT2D eigenvalue weighted by Crippen LogP contribution is -2.38. The number of hydrogen-bond donors (Lipinski definition) is 2. The predicted molar refractivity (Wildman–Crippen MR) is 101 cm³/mol. The quantitative estimate of drug-likeness (QED) is 0.291. The third-order valence-corrected chi connectivity index (χ3v) is 4.01. The molecule has 1 aromatic carbocycles. The van der Waals surface area contributed by atoms with Crippen molar-refractivity contribution in [1.82, 2.24) is 15.6 Å². The molecule has 138 valence electrons. The Kier molecular flexibility index (Phi) is 8.56. The van der Waals surface area contributed by atoms with E-state index in [1.807, 2.05) is 0 Å². The van der Waals surface area contributed by atoms with Gasteiger partial charge in [0, 0.05) is 37.5 Å². The fourth-order valence-electron chi connectivity index (χ4n) is 1.89. The van der Waals surface area contributed by atoms with Gasteiger partial charge in [-0.25, -0.2) is 9.37 Å². The van der Waals surface area contributed by atoms with E-state index in [1.165, 1.54) is 6.07 Å². The lowest BCUT2D eigenvalue weighted by molar-refractivity contribution is -0.140. The van der Waals surface area contributed by atoms with Gasteiger partial charge in [0.2, 0.25) is 0 Å². The summed E-state index contributed by atoms with van der Waals surface area (Å²) < 4.78 is 50.9. The van der Waals surface area contributed by atoms with E-state index in [4.69, 9.17) is 0 Å². The summed E-state index contributed by atoms with van der Waals surface area (Å²) in [6, 6.07) is 6.36. The molecule has 4 nitrogen and oxygen atoms in total. The van der Waals surface area contributed by atoms with Crippen molar-refractivity contribution in [2.75, 3.05) is 13.6 Å². The summed E-state index contributed by atoms with van der Waals surface area (Å²) in [5.41, 5.74) is -0.375. The van der Waals surface area contributed by atoms with Gasteiger partial charge in [-0.15, -0.1) is 35.3 Å². The fraction of sp³-hybridized carbons (Fsp3) is 0.333. The molecule has 0 bridgehead atoms. The molecule has 10 heteroatoms. The normalized spacial score (nSPS) is 11.8. The van der Waals surface area contributed by atoms with Crippen molar-refractivity contribution in [2.24, 2.45) is 4.99 Å². The van der Waals surface area contributed by atoms with Crippen LogP contribution in [0.1, 0.15) is 16.3 Å². The van der Waals surface area contributed by atoms with Gasteiger partial charge in [-0.2, -0.15) is 13.2 Å². The lowest BCUT2D eigenvalue weighted by Gasteiger charge is -2.11. The number of halogens is 5. The van der Waals surface area contributed by atoms with E-state index < -0.39 is 11.9 Å². The largest absolute Gasteiger partial charge is 0.434 e. The Bertz CT molecular complexity index is 703. The SMILES string of the molecule is CN=C(NCCc1nc(C(F)(F)F)cs1)NCc1ccccc1F.I. The second-order valence-corrected chi connectivity index (χ2v) is 5.76. The molecule has 0 spiro atoms. The fourth-order valence-corrected chi connectivity index (χ4v) is 2.69. The van der Waals surface area contributed by atoms with Crippen LogP contribution in [0.2, 0.25) is 0 Å². The first-order valence-corrected chi connectivity index (χ1v) is 7.97. The molecule has 1 heterocycles. The van der Waals surface area contributed by atoms with Crippen LogP contribution in [0.25, 0.3) is 0 Å². The van der Waals surface area contributed by atoms with E-state index in [9.17, 15) is 17.6 Å². The van der Waals surface area contributed by atoms with Crippen molar-refractivity contribution in [2.45, 2.75) is 19.1 Å². The first-order chi connectivity index (χ1) is 11.4. The van der Waals surface area contributed by atoms with Crippen LogP contribution >= 0.6 is 35.3 Å². The number of nitrogens with one attached hydrogen (secondary N) is 2. The van der Waals surface area contributed by atoms with Crippen LogP contribution in [0.4, 0.5) is 17.6 Å². The maximum Gasteiger partial charge on any atom is 0.434 e. The maximum absolute atomic E-state index is 13.5. The second-order valence-electron chi connectivity index (χ2n) is 4.82. The average molecular weight is 488 g/mol. The zero-order valence-corrected chi connectivity index (χ0v) is 16.4. The highest BCUT2D eigenvalue weighted by molar-refractivity contribution is 14.0. The Balaban J connectivity index is 0.00000312. The highest BCUT2D eigenvalue weighted by Gasteiger charge is 2.33. The van der Waals surface area contributed by atoms with Crippen LogP contribution in [0.5, 0.6) is 0 Å². The van der Waals surface area contributed by atoms with Crippen LogP contribution in [0.3, 0.4) is 0 Å². The standard InChI is InChI=1S/C15H16F4N4S.HI/c1-20-14(22-8-10-4-2-3-5-11(10)16)21-7-6-13-23-12(9-24-13)15(17,18)19;/h2-5,9H,6-8H2,1H3,(H2,20,21,22);1H. The molecule has 0 saturated heterocycles. The third kappa shape index (κ3) is 6.77. The minimum Gasteiger partial charge on any atom is -0.356 e. The number of thiazole rings is 1. The molecule has 25 heavy (non-hydrogen) atoms. The highest BCUT2D eigenvalue weighted by Crippen LogP contribution is 2.29. The Morgan fingerprint density at radius 1 is 1.24 bits per heavy atom. The minimum atomic E-state index is -4.42. The van der Waals surface area contributed by atoms with E-state index in [-0.39, 0.29) is 36.3 Å². The zero-order chi connectivity index (χ0) is 17.6. The topological polar surface area (TPSA) is 49.3 Å². The Labute approximate surface area is 163 Å².